The second-order valence-corrected chi connectivity index (χ2v) is 10.6. The van der Waals surface area contributed by atoms with Gasteiger partial charge in [0, 0.05) is 18.5 Å². The van der Waals surface area contributed by atoms with Crippen molar-refractivity contribution in [1.82, 2.24) is 10.2 Å². The first-order chi connectivity index (χ1) is 17.9. The Morgan fingerprint density at radius 2 is 1.89 bits per heavy atom. The second kappa shape index (κ2) is 10.8. The monoisotopic (exact) mass is 500 g/mol. The zero-order valence-corrected chi connectivity index (χ0v) is 22.0. The molecule has 1 atom stereocenters. The molecule has 6 heteroatoms. The Kier molecular flexibility index (Phi) is 7.36. The van der Waals surface area contributed by atoms with Crippen molar-refractivity contribution in [3.8, 4) is 5.75 Å². The lowest BCUT2D eigenvalue weighted by molar-refractivity contribution is -0.137. The molecule has 2 aromatic carbocycles. The van der Waals surface area contributed by atoms with Crippen LogP contribution in [0, 0.1) is 12.8 Å². The number of carbonyl (C=O) groups is 2. The van der Waals surface area contributed by atoms with Gasteiger partial charge in [-0.15, -0.1) is 0 Å². The molecule has 0 unspecified atom stereocenters. The van der Waals surface area contributed by atoms with Gasteiger partial charge in [0.1, 0.15) is 18.1 Å². The van der Waals surface area contributed by atoms with Gasteiger partial charge in [-0.1, -0.05) is 48.7 Å². The number of furan rings is 1. The topological polar surface area (TPSA) is 71.8 Å². The van der Waals surface area contributed by atoms with Gasteiger partial charge in [0.2, 0.25) is 5.91 Å². The van der Waals surface area contributed by atoms with Crippen LogP contribution in [-0.2, 0) is 17.8 Å². The summed E-state index contributed by atoms with van der Waals surface area (Å²) >= 11 is 0. The second-order valence-electron chi connectivity index (χ2n) is 10.6. The van der Waals surface area contributed by atoms with E-state index in [-0.39, 0.29) is 42.2 Å². The third-order valence-electron chi connectivity index (χ3n) is 7.38. The molecule has 0 spiro atoms. The molecule has 2 heterocycles. The minimum absolute atomic E-state index is 0.0364. The van der Waals surface area contributed by atoms with E-state index < -0.39 is 0 Å². The van der Waals surface area contributed by atoms with Crippen LogP contribution >= 0.6 is 0 Å². The lowest BCUT2D eigenvalue weighted by atomic mass is 9.86. The SMILES string of the molecule is Cc1cccc([C@H]2c3cc(OCc4ccc(C(=O)NC(C)C)o4)ccc3CCN2C(=O)C2CCCC2)c1. The van der Waals surface area contributed by atoms with Crippen molar-refractivity contribution in [3.63, 3.8) is 0 Å². The van der Waals surface area contributed by atoms with Crippen LogP contribution in [-0.4, -0.2) is 29.3 Å². The number of fused-ring (bicyclic) bond motifs is 1. The van der Waals surface area contributed by atoms with Crippen molar-refractivity contribution in [3.05, 3.63) is 88.4 Å². The van der Waals surface area contributed by atoms with E-state index in [1.165, 1.54) is 11.1 Å². The summed E-state index contributed by atoms with van der Waals surface area (Å²) in [5.41, 5.74) is 4.69. The zero-order valence-electron chi connectivity index (χ0n) is 22.0. The third kappa shape index (κ3) is 5.58. The Bertz CT molecular complexity index is 1270. The fourth-order valence-corrected chi connectivity index (χ4v) is 5.59. The smallest absolute Gasteiger partial charge is 0.287 e. The average molecular weight is 501 g/mol. The summed E-state index contributed by atoms with van der Waals surface area (Å²) < 4.78 is 11.8. The first-order valence-corrected chi connectivity index (χ1v) is 13.4. The lowest BCUT2D eigenvalue weighted by Gasteiger charge is -2.39. The summed E-state index contributed by atoms with van der Waals surface area (Å²) in [5, 5.41) is 2.83. The minimum atomic E-state index is -0.233. The number of nitrogens with one attached hydrogen (secondary N) is 1. The zero-order chi connectivity index (χ0) is 25.9. The summed E-state index contributed by atoms with van der Waals surface area (Å²) in [5.74, 6) is 1.76. The van der Waals surface area contributed by atoms with Gasteiger partial charge in [-0.25, -0.2) is 0 Å². The van der Waals surface area contributed by atoms with Crippen LogP contribution in [0.2, 0.25) is 0 Å². The van der Waals surface area contributed by atoms with Crippen molar-refractivity contribution in [1.29, 1.82) is 0 Å². The molecule has 194 valence electrons. The van der Waals surface area contributed by atoms with Crippen LogP contribution in [0.4, 0.5) is 0 Å². The van der Waals surface area contributed by atoms with E-state index in [4.69, 9.17) is 9.15 Å². The number of ether oxygens (including phenoxy) is 1. The van der Waals surface area contributed by atoms with E-state index in [9.17, 15) is 9.59 Å². The largest absolute Gasteiger partial charge is 0.486 e. The maximum Gasteiger partial charge on any atom is 0.287 e. The van der Waals surface area contributed by atoms with Crippen molar-refractivity contribution < 1.29 is 18.7 Å². The molecular formula is C31H36N2O4. The first-order valence-electron chi connectivity index (χ1n) is 13.4. The van der Waals surface area contributed by atoms with E-state index in [1.54, 1.807) is 12.1 Å². The summed E-state index contributed by atoms with van der Waals surface area (Å²) in [6.45, 7) is 6.86. The fraction of sp³-hybridized carbons (Fsp3) is 0.419. The van der Waals surface area contributed by atoms with Crippen molar-refractivity contribution in [2.75, 3.05) is 6.54 Å². The van der Waals surface area contributed by atoms with Crippen molar-refractivity contribution in [2.45, 2.75) is 71.6 Å². The Balaban J connectivity index is 1.39. The maximum absolute atomic E-state index is 13.6. The van der Waals surface area contributed by atoms with Gasteiger partial charge in [-0.3, -0.25) is 9.59 Å². The molecule has 2 amide bonds. The predicted molar refractivity (Wildman–Crippen MR) is 142 cm³/mol. The summed E-state index contributed by atoms with van der Waals surface area (Å²) in [6, 6.07) is 18.0. The number of hydrogen-bond donors (Lipinski definition) is 1. The Morgan fingerprint density at radius 3 is 2.65 bits per heavy atom. The molecule has 0 saturated heterocycles. The molecule has 1 aliphatic carbocycles. The molecule has 1 N–H and O–H groups in total. The molecular weight excluding hydrogens is 464 g/mol. The van der Waals surface area contributed by atoms with Gasteiger partial charge >= 0.3 is 0 Å². The van der Waals surface area contributed by atoms with Crippen LogP contribution in [0.5, 0.6) is 5.75 Å². The van der Waals surface area contributed by atoms with Crippen LogP contribution in [0.15, 0.2) is 59.0 Å². The van der Waals surface area contributed by atoms with Gasteiger partial charge in [0.25, 0.3) is 5.91 Å². The first kappa shape index (κ1) is 25.1. The van der Waals surface area contributed by atoms with Crippen LogP contribution < -0.4 is 10.1 Å². The summed E-state index contributed by atoms with van der Waals surface area (Å²) in [6.07, 6.45) is 5.10. The van der Waals surface area contributed by atoms with Crippen LogP contribution in [0.3, 0.4) is 0 Å². The molecule has 1 fully saturated rings. The van der Waals surface area contributed by atoms with Gasteiger partial charge in [0.05, 0.1) is 6.04 Å². The van der Waals surface area contributed by atoms with E-state index in [0.717, 1.165) is 55.5 Å². The molecule has 1 aromatic heterocycles. The molecule has 2 aliphatic rings. The Hall–Kier alpha value is -3.54. The van der Waals surface area contributed by atoms with Crippen LogP contribution in [0.25, 0.3) is 0 Å². The summed E-state index contributed by atoms with van der Waals surface area (Å²) in [7, 11) is 0. The van der Waals surface area contributed by atoms with Gasteiger partial charge < -0.3 is 19.4 Å². The molecule has 0 radical (unpaired) electrons. The van der Waals surface area contributed by atoms with Gasteiger partial charge in [-0.05, 0) is 81.0 Å². The number of carbonyl (C=O) groups excluding carboxylic acids is 2. The standard InChI is InChI=1S/C31H36N2O4/c1-20(2)32-30(34)28-14-13-26(37-28)19-36-25-12-11-22-15-16-33(31(35)23-8-4-5-9-23)29(27(22)18-25)24-10-6-7-21(3)17-24/h6-7,10-14,17-18,20,23,29H,4-5,8-9,15-16,19H2,1-3H3,(H,32,34)/t29-/m0/s1. The van der Waals surface area contributed by atoms with Crippen molar-refractivity contribution in [2.24, 2.45) is 5.92 Å². The quantitative estimate of drug-likeness (QED) is 0.434. The number of aryl methyl sites for hydroxylation is 1. The van der Waals surface area contributed by atoms with E-state index in [0.29, 0.717) is 5.76 Å². The Labute approximate surface area is 219 Å². The van der Waals surface area contributed by atoms with Crippen LogP contribution in [0.1, 0.15) is 84.1 Å². The predicted octanol–water partition coefficient (Wildman–Crippen LogP) is 5.97. The van der Waals surface area contributed by atoms with E-state index >= 15 is 0 Å². The highest BCUT2D eigenvalue weighted by molar-refractivity contribution is 5.91. The number of amides is 2. The molecule has 1 saturated carbocycles. The molecule has 5 rings (SSSR count). The highest BCUT2D eigenvalue weighted by atomic mass is 16.5. The lowest BCUT2D eigenvalue weighted by Crippen LogP contribution is -2.43. The normalized spacial score (nSPS) is 17.6. The number of hydrogen-bond acceptors (Lipinski definition) is 4. The maximum atomic E-state index is 13.6. The fourth-order valence-electron chi connectivity index (χ4n) is 5.59. The van der Waals surface area contributed by atoms with E-state index in [1.807, 2.05) is 19.9 Å². The summed E-state index contributed by atoms with van der Waals surface area (Å²) in [4.78, 5) is 27.9. The minimum Gasteiger partial charge on any atom is -0.486 e. The molecule has 0 bridgehead atoms. The number of rotatable bonds is 7. The van der Waals surface area contributed by atoms with E-state index in [2.05, 4.69) is 53.5 Å². The van der Waals surface area contributed by atoms with Gasteiger partial charge in [-0.2, -0.15) is 0 Å². The highest BCUT2D eigenvalue weighted by Gasteiger charge is 2.36. The van der Waals surface area contributed by atoms with Crippen molar-refractivity contribution >= 4 is 11.8 Å². The molecule has 1 aliphatic heterocycles. The number of nitrogens with zero attached hydrogens (tertiary/aromatic N) is 1. The average Bonchev–Trinajstić information content (AvgIpc) is 3.59. The van der Waals surface area contributed by atoms with Gasteiger partial charge in [0.15, 0.2) is 5.76 Å². The molecule has 37 heavy (non-hydrogen) atoms. The highest BCUT2D eigenvalue weighted by Crippen LogP contribution is 2.40. The Morgan fingerprint density at radius 1 is 1.08 bits per heavy atom. The molecule has 6 nitrogen and oxygen atoms in total. The number of benzene rings is 2. The third-order valence-corrected chi connectivity index (χ3v) is 7.38. The molecule has 3 aromatic rings.